The molecule has 1 aliphatic rings. The van der Waals surface area contributed by atoms with Crippen molar-refractivity contribution in [2.75, 3.05) is 6.61 Å². The van der Waals surface area contributed by atoms with E-state index in [0.717, 1.165) is 5.92 Å². The molecule has 0 spiro atoms. The van der Waals surface area contributed by atoms with Gasteiger partial charge in [-0.05, 0) is 24.7 Å². The Morgan fingerprint density at radius 1 is 1.67 bits per heavy atom. The minimum atomic E-state index is -0.297. The van der Waals surface area contributed by atoms with Gasteiger partial charge in [-0.1, -0.05) is 19.9 Å². The highest BCUT2D eigenvalue weighted by Crippen LogP contribution is 2.30. The van der Waals surface area contributed by atoms with E-state index < -0.39 is 0 Å². The second-order valence-electron chi connectivity index (χ2n) is 3.62. The number of hydrogen-bond donors (Lipinski definition) is 0. The molecule has 0 bridgehead atoms. The molecule has 12 heavy (non-hydrogen) atoms. The maximum absolute atomic E-state index is 10.7. The summed E-state index contributed by atoms with van der Waals surface area (Å²) in [5.74, 6) is 1.09. The Hall–Kier alpha value is -0.790. The Labute approximate surface area is 73.6 Å². The van der Waals surface area contributed by atoms with Crippen LogP contribution in [0.1, 0.15) is 26.2 Å². The van der Waals surface area contributed by atoms with Gasteiger partial charge in [0.05, 0.1) is 6.61 Å². The number of rotatable bonds is 3. The third kappa shape index (κ3) is 2.68. The van der Waals surface area contributed by atoms with Crippen LogP contribution in [-0.2, 0) is 9.53 Å². The zero-order chi connectivity index (χ0) is 8.97. The SMILES string of the molecule is C=CC(=O)OCC1CCC(C)C1. The van der Waals surface area contributed by atoms with Crippen LogP contribution in [0.3, 0.4) is 0 Å². The summed E-state index contributed by atoms with van der Waals surface area (Å²) in [6.07, 6.45) is 4.89. The summed E-state index contributed by atoms with van der Waals surface area (Å²) < 4.78 is 4.97. The van der Waals surface area contributed by atoms with Crippen LogP contribution in [-0.4, -0.2) is 12.6 Å². The molecule has 0 amide bonds. The standard InChI is InChI=1S/C10H16O2/c1-3-10(11)12-7-9-5-4-8(2)6-9/h3,8-9H,1,4-7H2,2H3. The number of hydrogen-bond acceptors (Lipinski definition) is 2. The van der Waals surface area contributed by atoms with Gasteiger partial charge in [0.25, 0.3) is 0 Å². The van der Waals surface area contributed by atoms with Crippen LogP contribution in [0.25, 0.3) is 0 Å². The lowest BCUT2D eigenvalue weighted by atomic mass is 10.1. The Morgan fingerprint density at radius 3 is 2.92 bits per heavy atom. The van der Waals surface area contributed by atoms with Crippen LogP contribution in [0.15, 0.2) is 12.7 Å². The van der Waals surface area contributed by atoms with Crippen molar-refractivity contribution in [3.8, 4) is 0 Å². The van der Waals surface area contributed by atoms with Crippen molar-refractivity contribution in [3.05, 3.63) is 12.7 Å². The number of carbonyl (C=O) groups is 1. The Bertz CT molecular complexity index is 175. The molecule has 0 heterocycles. The molecule has 0 N–H and O–H groups in total. The molecule has 2 unspecified atom stereocenters. The molecule has 0 aliphatic heterocycles. The van der Waals surface area contributed by atoms with Gasteiger partial charge in [0, 0.05) is 6.08 Å². The number of ether oxygens (including phenoxy) is 1. The molecule has 2 heteroatoms. The second kappa shape index (κ2) is 4.29. The normalized spacial score (nSPS) is 28.4. The highest BCUT2D eigenvalue weighted by molar-refractivity contribution is 5.81. The maximum atomic E-state index is 10.7. The van der Waals surface area contributed by atoms with Crippen molar-refractivity contribution in [3.63, 3.8) is 0 Å². The highest BCUT2D eigenvalue weighted by Gasteiger charge is 2.21. The minimum Gasteiger partial charge on any atom is -0.462 e. The zero-order valence-electron chi connectivity index (χ0n) is 7.58. The van der Waals surface area contributed by atoms with Gasteiger partial charge < -0.3 is 4.74 Å². The van der Waals surface area contributed by atoms with Gasteiger partial charge >= 0.3 is 5.97 Å². The lowest BCUT2D eigenvalue weighted by Crippen LogP contribution is -2.09. The van der Waals surface area contributed by atoms with E-state index in [0.29, 0.717) is 12.5 Å². The summed E-state index contributed by atoms with van der Waals surface area (Å²) in [6.45, 7) is 6.17. The molecule has 0 radical (unpaired) electrons. The first-order valence-corrected chi connectivity index (χ1v) is 4.51. The summed E-state index contributed by atoms with van der Waals surface area (Å²) in [7, 11) is 0. The first kappa shape index (κ1) is 9.30. The Kier molecular flexibility index (Phi) is 3.32. The van der Waals surface area contributed by atoms with Crippen molar-refractivity contribution in [2.45, 2.75) is 26.2 Å². The molecule has 68 valence electrons. The van der Waals surface area contributed by atoms with Crippen LogP contribution < -0.4 is 0 Å². The average Bonchev–Trinajstić information content (AvgIpc) is 2.47. The van der Waals surface area contributed by atoms with Gasteiger partial charge in [0.1, 0.15) is 0 Å². The molecule has 2 nitrogen and oxygen atoms in total. The first-order chi connectivity index (χ1) is 5.72. The fourth-order valence-electron chi connectivity index (χ4n) is 1.74. The highest BCUT2D eigenvalue weighted by atomic mass is 16.5. The van der Waals surface area contributed by atoms with E-state index >= 15 is 0 Å². The summed E-state index contributed by atoms with van der Waals surface area (Å²) in [6, 6.07) is 0. The summed E-state index contributed by atoms with van der Waals surface area (Å²) in [4.78, 5) is 10.7. The molecule has 0 saturated heterocycles. The molecular weight excluding hydrogens is 152 g/mol. The molecular formula is C10H16O2. The largest absolute Gasteiger partial charge is 0.462 e. The van der Waals surface area contributed by atoms with Crippen molar-refractivity contribution < 1.29 is 9.53 Å². The smallest absolute Gasteiger partial charge is 0.330 e. The molecule has 2 atom stereocenters. The lowest BCUT2D eigenvalue weighted by Gasteiger charge is -2.08. The fraction of sp³-hybridized carbons (Fsp3) is 0.700. The van der Waals surface area contributed by atoms with Crippen molar-refractivity contribution in [1.29, 1.82) is 0 Å². The predicted octanol–water partition coefficient (Wildman–Crippen LogP) is 2.15. The van der Waals surface area contributed by atoms with E-state index in [1.54, 1.807) is 0 Å². The fourth-order valence-corrected chi connectivity index (χ4v) is 1.74. The molecule has 1 fully saturated rings. The third-order valence-electron chi connectivity index (χ3n) is 2.43. The Morgan fingerprint density at radius 2 is 2.42 bits per heavy atom. The molecule has 1 aliphatic carbocycles. The van der Waals surface area contributed by atoms with E-state index in [9.17, 15) is 4.79 Å². The van der Waals surface area contributed by atoms with Crippen LogP contribution in [0.2, 0.25) is 0 Å². The molecule has 0 aromatic heterocycles. The maximum Gasteiger partial charge on any atom is 0.330 e. The van der Waals surface area contributed by atoms with Crippen LogP contribution in [0, 0.1) is 11.8 Å². The minimum absolute atomic E-state index is 0.297. The predicted molar refractivity (Wildman–Crippen MR) is 47.7 cm³/mol. The average molecular weight is 168 g/mol. The quantitative estimate of drug-likeness (QED) is 0.477. The third-order valence-corrected chi connectivity index (χ3v) is 2.43. The number of carbonyl (C=O) groups excluding carboxylic acids is 1. The van der Waals surface area contributed by atoms with Crippen molar-refractivity contribution >= 4 is 5.97 Å². The van der Waals surface area contributed by atoms with Gasteiger partial charge in [-0.15, -0.1) is 0 Å². The Balaban J connectivity index is 2.15. The van der Waals surface area contributed by atoms with E-state index in [2.05, 4.69) is 13.5 Å². The molecule has 0 aromatic carbocycles. The summed E-state index contributed by atoms with van der Waals surface area (Å²) in [5.41, 5.74) is 0. The van der Waals surface area contributed by atoms with Crippen LogP contribution >= 0.6 is 0 Å². The summed E-state index contributed by atoms with van der Waals surface area (Å²) >= 11 is 0. The number of esters is 1. The van der Waals surface area contributed by atoms with Crippen molar-refractivity contribution in [2.24, 2.45) is 11.8 Å². The first-order valence-electron chi connectivity index (χ1n) is 4.51. The van der Waals surface area contributed by atoms with E-state index in [1.807, 2.05) is 0 Å². The van der Waals surface area contributed by atoms with Crippen LogP contribution in [0.4, 0.5) is 0 Å². The van der Waals surface area contributed by atoms with Gasteiger partial charge in [-0.25, -0.2) is 4.79 Å². The molecule has 1 rings (SSSR count). The van der Waals surface area contributed by atoms with E-state index in [-0.39, 0.29) is 5.97 Å². The second-order valence-corrected chi connectivity index (χ2v) is 3.62. The monoisotopic (exact) mass is 168 g/mol. The molecule has 1 saturated carbocycles. The van der Waals surface area contributed by atoms with Gasteiger partial charge in [0.2, 0.25) is 0 Å². The van der Waals surface area contributed by atoms with E-state index in [4.69, 9.17) is 4.74 Å². The van der Waals surface area contributed by atoms with Crippen LogP contribution in [0.5, 0.6) is 0 Å². The van der Waals surface area contributed by atoms with E-state index in [1.165, 1.54) is 25.3 Å². The van der Waals surface area contributed by atoms with Gasteiger partial charge in [-0.3, -0.25) is 0 Å². The topological polar surface area (TPSA) is 26.3 Å². The summed E-state index contributed by atoms with van der Waals surface area (Å²) in [5, 5.41) is 0. The zero-order valence-corrected chi connectivity index (χ0v) is 7.58. The lowest BCUT2D eigenvalue weighted by molar-refractivity contribution is -0.139. The van der Waals surface area contributed by atoms with Gasteiger partial charge in [0.15, 0.2) is 0 Å². The van der Waals surface area contributed by atoms with Gasteiger partial charge in [-0.2, -0.15) is 0 Å². The molecule has 0 aromatic rings. The van der Waals surface area contributed by atoms with Crippen molar-refractivity contribution in [1.82, 2.24) is 0 Å².